The summed E-state index contributed by atoms with van der Waals surface area (Å²) in [6.07, 6.45) is 5.67. The van der Waals surface area contributed by atoms with Gasteiger partial charge in [-0.25, -0.2) is 0 Å². The number of hydrogen-bond donors (Lipinski definition) is 1. The summed E-state index contributed by atoms with van der Waals surface area (Å²) in [4.78, 5) is 14.7. The highest BCUT2D eigenvalue weighted by atomic mass is 79.9. The molecule has 2 heterocycles. The Hall–Kier alpha value is -0.710. The molecule has 2 fully saturated rings. The Labute approximate surface area is 134 Å². The van der Waals surface area contributed by atoms with E-state index in [1.165, 1.54) is 12.8 Å². The maximum Gasteiger partial charge on any atom is 0.162 e. The lowest BCUT2D eigenvalue weighted by Gasteiger charge is -2.37. The third-order valence-corrected chi connectivity index (χ3v) is 5.37. The van der Waals surface area contributed by atoms with Crippen molar-refractivity contribution in [2.45, 2.75) is 56.7 Å². The van der Waals surface area contributed by atoms with Crippen LogP contribution in [0.3, 0.4) is 0 Å². The molecule has 2 saturated heterocycles. The van der Waals surface area contributed by atoms with E-state index in [2.05, 4.69) is 20.8 Å². The van der Waals surface area contributed by atoms with Crippen LogP contribution in [0.25, 0.3) is 0 Å². The molecule has 114 valence electrons. The quantitative estimate of drug-likeness (QED) is 0.826. The number of hydrogen-bond acceptors (Lipinski definition) is 3. The molecule has 1 N–H and O–H groups in total. The molecule has 1 aromatic carbocycles. The summed E-state index contributed by atoms with van der Waals surface area (Å²) in [5, 5.41) is 9.81. The summed E-state index contributed by atoms with van der Waals surface area (Å²) in [5.41, 5.74) is 0.801. The number of ketones is 1. The van der Waals surface area contributed by atoms with Gasteiger partial charge in [0.2, 0.25) is 0 Å². The van der Waals surface area contributed by atoms with E-state index in [9.17, 15) is 9.90 Å². The number of aliphatic hydroxyl groups is 1. The van der Waals surface area contributed by atoms with E-state index in [1.54, 1.807) is 0 Å². The second-order valence-electron chi connectivity index (χ2n) is 6.28. The Bertz CT molecular complexity index is 488. The van der Waals surface area contributed by atoms with Crippen LogP contribution in [0.1, 0.15) is 48.9 Å². The molecule has 2 aliphatic heterocycles. The minimum atomic E-state index is -0.108. The van der Waals surface area contributed by atoms with Gasteiger partial charge in [-0.3, -0.25) is 9.69 Å². The van der Waals surface area contributed by atoms with Gasteiger partial charge in [-0.15, -0.1) is 0 Å². The van der Waals surface area contributed by atoms with Crippen LogP contribution in [0.15, 0.2) is 28.7 Å². The van der Waals surface area contributed by atoms with Gasteiger partial charge in [0.25, 0.3) is 0 Å². The first kappa shape index (κ1) is 15.2. The van der Waals surface area contributed by atoms with Gasteiger partial charge in [0.1, 0.15) is 0 Å². The van der Waals surface area contributed by atoms with Crippen molar-refractivity contribution in [1.82, 2.24) is 4.90 Å². The Morgan fingerprint density at radius 2 is 1.81 bits per heavy atom. The number of carbonyl (C=O) groups excluding carboxylic acids is 1. The van der Waals surface area contributed by atoms with Crippen LogP contribution >= 0.6 is 15.9 Å². The predicted molar refractivity (Wildman–Crippen MR) is 86.5 cm³/mol. The minimum Gasteiger partial charge on any atom is -0.393 e. The standard InChI is InChI=1S/C17H22BrNO2/c18-13-5-3-12(4-6-13)17(21)2-1-9-19-14-7-8-15(19)11-16(20)10-14/h3-6,14-16,20H,1-2,7-11H2. The topological polar surface area (TPSA) is 40.5 Å². The molecule has 3 nitrogen and oxygen atoms in total. The van der Waals surface area contributed by atoms with E-state index in [0.29, 0.717) is 18.5 Å². The molecule has 0 aromatic heterocycles. The van der Waals surface area contributed by atoms with Gasteiger partial charge in [-0.05, 0) is 50.8 Å². The fourth-order valence-electron chi connectivity index (χ4n) is 3.81. The molecule has 1 aromatic rings. The van der Waals surface area contributed by atoms with Crippen LogP contribution in [0.5, 0.6) is 0 Å². The van der Waals surface area contributed by atoms with E-state index >= 15 is 0 Å². The van der Waals surface area contributed by atoms with Crippen LogP contribution in [0.2, 0.25) is 0 Å². The first-order valence-corrected chi connectivity index (χ1v) is 8.65. The zero-order valence-electron chi connectivity index (χ0n) is 12.2. The zero-order valence-corrected chi connectivity index (χ0v) is 13.8. The fraction of sp³-hybridized carbons (Fsp3) is 0.588. The molecule has 4 heteroatoms. The average Bonchev–Trinajstić information content (AvgIpc) is 2.70. The van der Waals surface area contributed by atoms with Crippen LogP contribution in [0.4, 0.5) is 0 Å². The number of piperidine rings is 1. The van der Waals surface area contributed by atoms with Crippen molar-refractivity contribution in [2.24, 2.45) is 0 Å². The van der Waals surface area contributed by atoms with Crippen molar-refractivity contribution in [3.8, 4) is 0 Å². The summed E-state index contributed by atoms with van der Waals surface area (Å²) in [7, 11) is 0. The van der Waals surface area contributed by atoms with Crippen molar-refractivity contribution >= 4 is 21.7 Å². The van der Waals surface area contributed by atoms with Crippen molar-refractivity contribution in [3.05, 3.63) is 34.3 Å². The Kier molecular flexibility index (Phi) is 4.77. The van der Waals surface area contributed by atoms with Gasteiger partial charge < -0.3 is 5.11 Å². The third-order valence-electron chi connectivity index (χ3n) is 4.85. The van der Waals surface area contributed by atoms with Gasteiger partial charge >= 0.3 is 0 Å². The number of Topliss-reactive ketones (excluding diaryl/α,β-unsaturated/α-hetero) is 1. The summed E-state index contributed by atoms with van der Waals surface area (Å²) in [5.74, 6) is 0.229. The van der Waals surface area contributed by atoms with Crippen molar-refractivity contribution in [1.29, 1.82) is 0 Å². The van der Waals surface area contributed by atoms with E-state index in [1.807, 2.05) is 24.3 Å². The molecule has 0 radical (unpaired) electrons. The number of nitrogens with zero attached hydrogens (tertiary/aromatic N) is 1. The van der Waals surface area contributed by atoms with Gasteiger partial charge in [-0.1, -0.05) is 28.1 Å². The lowest BCUT2D eigenvalue weighted by atomic mass is 9.99. The third kappa shape index (κ3) is 3.55. The molecule has 2 atom stereocenters. The SMILES string of the molecule is O=C(CCCN1C2CCC1CC(O)C2)c1ccc(Br)cc1. The molecule has 2 bridgehead atoms. The second kappa shape index (κ2) is 6.59. The zero-order chi connectivity index (χ0) is 14.8. The summed E-state index contributed by atoms with van der Waals surface area (Å²) in [6, 6.07) is 8.68. The Balaban J connectivity index is 1.48. The smallest absolute Gasteiger partial charge is 0.162 e. The highest BCUT2D eigenvalue weighted by molar-refractivity contribution is 9.10. The van der Waals surface area contributed by atoms with E-state index in [-0.39, 0.29) is 11.9 Å². The minimum absolute atomic E-state index is 0.108. The van der Waals surface area contributed by atoms with Crippen LogP contribution in [-0.4, -0.2) is 40.5 Å². The second-order valence-corrected chi connectivity index (χ2v) is 7.20. The average molecular weight is 352 g/mol. The molecular weight excluding hydrogens is 330 g/mol. The lowest BCUT2D eigenvalue weighted by Crippen LogP contribution is -2.45. The number of benzene rings is 1. The van der Waals surface area contributed by atoms with Gasteiger partial charge in [-0.2, -0.15) is 0 Å². The van der Waals surface area contributed by atoms with Crippen LogP contribution in [0, 0.1) is 0 Å². The maximum absolute atomic E-state index is 12.2. The van der Waals surface area contributed by atoms with Gasteiger partial charge in [0, 0.05) is 28.5 Å². The summed E-state index contributed by atoms with van der Waals surface area (Å²) >= 11 is 3.39. The molecule has 0 spiro atoms. The number of aliphatic hydroxyl groups excluding tert-OH is 1. The van der Waals surface area contributed by atoms with Crippen molar-refractivity contribution in [2.75, 3.05) is 6.54 Å². The molecule has 2 unspecified atom stereocenters. The summed E-state index contributed by atoms with van der Waals surface area (Å²) in [6.45, 7) is 0.990. The number of fused-ring (bicyclic) bond motifs is 2. The van der Waals surface area contributed by atoms with E-state index in [0.717, 1.165) is 35.8 Å². The largest absolute Gasteiger partial charge is 0.393 e. The molecule has 0 saturated carbocycles. The molecular formula is C17H22BrNO2. The number of rotatable bonds is 5. The predicted octanol–water partition coefficient (Wildman–Crippen LogP) is 3.40. The number of carbonyl (C=O) groups is 1. The molecule has 3 rings (SSSR count). The fourth-order valence-corrected chi connectivity index (χ4v) is 4.08. The van der Waals surface area contributed by atoms with Gasteiger partial charge in [0.15, 0.2) is 5.78 Å². The highest BCUT2D eigenvalue weighted by Gasteiger charge is 2.39. The molecule has 21 heavy (non-hydrogen) atoms. The maximum atomic E-state index is 12.2. The van der Waals surface area contributed by atoms with Crippen molar-refractivity contribution < 1.29 is 9.90 Å². The summed E-state index contributed by atoms with van der Waals surface area (Å²) < 4.78 is 1.00. The number of halogens is 1. The van der Waals surface area contributed by atoms with E-state index in [4.69, 9.17) is 0 Å². The first-order chi connectivity index (χ1) is 10.1. The Morgan fingerprint density at radius 1 is 1.19 bits per heavy atom. The molecule has 0 aliphatic carbocycles. The first-order valence-electron chi connectivity index (χ1n) is 7.86. The Morgan fingerprint density at radius 3 is 2.43 bits per heavy atom. The van der Waals surface area contributed by atoms with Crippen molar-refractivity contribution in [3.63, 3.8) is 0 Å². The molecule has 0 amide bonds. The normalized spacial score (nSPS) is 28.8. The van der Waals surface area contributed by atoms with E-state index < -0.39 is 0 Å². The van der Waals surface area contributed by atoms with Crippen LogP contribution < -0.4 is 0 Å². The molecule has 2 aliphatic rings. The highest BCUT2D eigenvalue weighted by Crippen LogP contribution is 2.35. The lowest BCUT2D eigenvalue weighted by molar-refractivity contribution is 0.0345. The van der Waals surface area contributed by atoms with Gasteiger partial charge in [0.05, 0.1) is 6.10 Å². The monoisotopic (exact) mass is 351 g/mol. The van der Waals surface area contributed by atoms with Crippen LogP contribution in [-0.2, 0) is 0 Å².